The lowest BCUT2D eigenvalue weighted by Crippen LogP contribution is -2.23. The molecule has 1 aliphatic carbocycles. The zero-order valence-electron chi connectivity index (χ0n) is 10.9. The number of carbonyl (C=O) groups is 1. The number of aromatic nitrogens is 4. The highest BCUT2D eigenvalue weighted by Crippen LogP contribution is 2.20. The maximum Gasteiger partial charge on any atom is 0.227 e. The van der Waals surface area contributed by atoms with E-state index in [0.717, 1.165) is 19.3 Å². The number of nitrogens with zero attached hydrogens (tertiary/aromatic N) is 4. The number of nitrogens with one attached hydrogen (secondary N) is 1. The molecule has 102 valence electrons. The van der Waals surface area contributed by atoms with E-state index in [4.69, 9.17) is 0 Å². The standard InChI is InChI=1S/C14H15N5O/c20-14(11-4-2-1-3-5-11)18-12-6-7-13(16-8-12)19-10-15-9-17-19/h1-2,6-11H,3-5H2,(H,18,20). The number of rotatable bonds is 3. The summed E-state index contributed by atoms with van der Waals surface area (Å²) < 4.78 is 1.57. The van der Waals surface area contributed by atoms with Gasteiger partial charge in [-0.05, 0) is 31.4 Å². The fraction of sp³-hybridized carbons (Fsp3) is 0.286. The lowest BCUT2D eigenvalue weighted by Gasteiger charge is -2.17. The smallest absolute Gasteiger partial charge is 0.227 e. The van der Waals surface area contributed by atoms with Crippen LogP contribution in [0.15, 0.2) is 43.1 Å². The number of amides is 1. The summed E-state index contributed by atoms with van der Waals surface area (Å²) in [5.41, 5.74) is 0.702. The van der Waals surface area contributed by atoms with Crippen molar-refractivity contribution in [2.45, 2.75) is 19.3 Å². The van der Waals surface area contributed by atoms with Gasteiger partial charge in [0.2, 0.25) is 5.91 Å². The number of allylic oxidation sites excluding steroid dienone is 2. The molecule has 3 rings (SSSR count). The molecule has 1 unspecified atom stereocenters. The first kappa shape index (κ1) is 12.5. The van der Waals surface area contributed by atoms with Crippen LogP contribution in [0.5, 0.6) is 0 Å². The van der Waals surface area contributed by atoms with Gasteiger partial charge in [0.05, 0.1) is 11.9 Å². The van der Waals surface area contributed by atoms with Crippen LogP contribution in [0, 0.1) is 5.92 Å². The summed E-state index contributed by atoms with van der Waals surface area (Å²) in [5.74, 6) is 0.792. The van der Waals surface area contributed by atoms with Gasteiger partial charge in [0.15, 0.2) is 5.82 Å². The second kappa shape index (κ2) is 5.64. The third kappa shape index (κ3) is 2.74. The molecule has 0 aromatic carbocycles. The maximum absolute atomic E-state index is 12.1. The Bertz CT molecular complexity index is 603. The molecule has 0 spiro atoms. The minimum absolute atomic E-state index is 0.0599. The predicted octanol–water partition coefficient (Wildman–Crippen LogP) is 1.96. The molecule has 2 aromatic rings. The van der Waals surface area contributed by atoms with E-state index < -0.39 is 0 Å². The van der Waals surface area contributed by atoms with E-state index >= 15 is 0 Å². The van der Waals surface area contributed by atoms with Gasteiger partial charge in [0.25, 0.3) is 0 Å². The van der Waals surface area contributed by atoms with E-state index in [0.29, 0.717) is 11.5 Å². The van der Waals surface area contributed by atoms with Gasteiger partial charge in [0.1, 0.15) is 12.7 Å². The maximum atomic E-state index is 12.1. The fourth-order valence-electron chi connectivity index (χ4n) is 2.20. The highest BCUT2D eigenvalue weighted by Gasteiger charge is 2.18. The topological polar surface area (TPSA) is 72.7 Å². The minimum atomic E-state index is 0.0599. The molecular formula is C14H15N5O. The van der Waals surface area contributed by atoms with Crippen molar-refractivity contribution in [2.24, 2.45) is 5.92 Å². The first-order valence-corrected chi connectivity index (χ1v) is 6.60. The number of anilines is 1. The molecule has 20 heavy (non-hydrogen) atoms. The van der Waals surface area contributed by atoms with E-state index in [1.54, 1.807) is 23.3 Å². The summed E-state index contributed by atoms with van der Waals surface area (Å²) in [6.07, 6.45) is 11.6. The Morgan fingerprint density at radius 1 is 1.35 bits per heavy atom. The van der Waals surface area contributed by atoms with Crippen LogP contribution in [-0.2, 0) is 4.79 Å². The van der Waals surface area contributed by atoms with E-state index in [2.05, 4.69) is 32.5 Å². The lowest BCUT2D eigenvalue weighted by atomic mass is 9.93. The molecular weight excluding hydrogens is 254 g/mol. The van der Waals surface area contributed by atoms with Crippen LogP contribution in [0.4, 0.5) is 5.69 Å². The van der Waals surface area contributed by atoms with Crippen LogP contribution in [0.2, 0.25) is 0 Å². The molecule has 0 fully saturated rings. The second-order valence-corrected chi connectivity index (χ2v) is 4.72. The Morgan fingerprint density at radius 2 is 2.30 bits per heavy atom. The third-order valence-corrected chi connectivity index (χ3v) is 3.31. The summed E-state index contributed by atoms with van der Waals surface area (Å²) in [7, 11) is 0. The molecule has 1 atom stereocenters. The van der Waals surface area contributed by atoms with E-state index in [9.17, 15) is 4.79 Å². The fourth-order valence-corrected chi connectivity index (χ4v) is 2.20. The average molecular weight is 269 g/mol. The van der Waals surface area contributed by atoms with E-state index in [1.807, 2.05) is 6.07 Å². The van der Waals surface area contributed by atoms with Crippen LogP contribution in [0.3, 0.4) is 0 Å². The quantitative estimate of drug-likeness (QED) is 0.864. The summed E-state index contributed by atoms with van der Waals surface area (Å²) >= 11 is 0. The Morgan fingerprint density at radius 3 is 2.95 bits per heavy atom. The van der Waals surface area contributed by atoms with Crippen molar-refractivity contribution >= 4 is 11.6 Å². The molecule has 0 radical (unpaired) electrons. The van der Waals surface area contributed by atoms with Crippen LogP contribution in [0.1, 0.15) is 19.3 Å². The van der Waals surface area contributed by atoms with Crippen molar-refractivity contribution in [1.82, 2.24) is 19.7 Å². The largest absolute Gasteiger partial charge is 0.324 e. The monoisotopic (exact) mass is 269 g/mol. The van der Waals surface area contributed by atoms with Gasteiger partial charge in [-0.15, -0.1) is 0 Å². The van der Waals surface area contributed by atoms with Crippen molar-refractivity contribution in [3.8, 4) is 5.82 Å². The zero-order chi connectivity index (χ0) is 13.8. The summed E-state index contributed by atoms with van der Waals surface area (Å²) in [5, 5.41) is 6.90. The Balaban J connectivity index is 1.66. The average Bonchev–Trinajstić information content (AvgIpc) is 3.03. The molecule has 6 nitrogen and oxygen atoms in total. The van der Waals surface area contributed by atoms with Crippen LogP contribution >= 0.6 is 0 Å². The Labute approximate surface area is 116 Å². The van der Waals surface area contributed by atoms with E-state index in [-0.39, 0.29) is 11.8 Å². The molecule has 2 heterocycles. The molecule has 0 saturated heterocycles. The van der Waals surface area contributed by atoms with Gasteiger partial charge in [-0.1, -0.05) is 12.2 Å². The molecule has 0 aliphatic heterocycles. The second-order valence-electron chi connectivity index (χ2n) is 4.72. The Hall–Kier alpha value is -2.50. The third-order valence-electron chi connectivity index (χ3n) is 3.31. The van der Waals surface area contributed by atoms with Crippen molar-refractivity contribution in [1.29, 1.82) is 0 Å². The number of hydrogen-bond acceptors (Lipinski definition) is 4. The zero-order valence-corrected chi connectivity index (χ0v) is 10.9. The molecule has 1 amide bonds. The molecule has 2 aromatic heterocycles. The number of carbonyl (C=O) groups excluding carboxylic acids is 1. The van der Waals surface area contributed by atoms with Crippen LogP contribution in [0.25, 0.3) is 5.82 Å². The minimum Gasteiger partial charge on any atom is -0.324 e. The molecule has 0 saturated carbocycles. The van der Waals surface area contributed by atoms with Crippen molar-refractivity contribution in [3.05, 3.63) is 43.1 Å². The first-order valence-electron chi connectivity index (χ1n) is 6.60. The van der Waals surface area contributed by atoms with Gasteiger partial charge in [-0.25, -0.2) is 14.6 Å². The Kier molecular flexibility index (Phi) is 3.54. The van der Waals surface area contributed by atoms with Crippen molar-refractivity contribution in [2.75, 3.05) is 5.32 Å². The van der Waals surface area contributed by atoms with Gasteiger partial charge in [0, 0.05) is 5.92 Å². The summed E-state index contributed by atoms with van der Waals surface area (Å²) in [6.45, 7) is 0. The van der Waals surface area contributed by atoms with Crippen molar-refractivity contribution < 1.29 is 4.79 Å². The van der Waals surface area contributed by atoms with Gasteiger partial charge >= 0.3 is 0 Å². The van der Waals surface area contributed by atoms with Gasteiger partial charge in [-0.2, -0.15) is 5.10 Å². The number of pyridine rings is 1. The van der Waals surface area contributed by atoms with Crippen LogP contribution < -0.4 is 5.32 Å². The predicted molar refractivity (Wildman–Crippen MR) is 74.3 cm³/mol. The molecule has 1 N–H and O–H groups in total. The van der Waals surface area contributed by atoms with Gasteiger partial charge in [-0.3, -0.25) is 4.79 Å². The molecule has 1 aliphatic rings. The molecule has 6 heteroatoms. The van der Waals surface area contributed by atoms with Crippen LogP contribution in [-0.4, -0.2) is 25.7 Å². The normalized spacial score (nSPS) is 17.9. The molecule has 0 bridgehead atoms. The van der Waals surface area contributed by atoms with Crippen molar-refractivity contribution in [3.63, 3.8) is 0 Å². The summed E-state index contributed by atoms with van der Waals surface area (Å²) in [6, 6.07) is 3.62. The highest BCUT2D eigenvalue weighted by atomic mass is 16.1. The SMILES string of the molecule is O=C(Nc1ccc(-n2cncn2)nc1)C1CC=CCC1. The highest BCUT2D eigenvalue weighted by molar-refractivity contribution is 5.92. The number of hydrogen-bond donors (Lipinski definition) is 1. The lowest BCUT2D eigenvalue weighted by molar-refractivity contribution is -0.120. The first-order chi connectivity index (χ1) is 9.83. The summed E-state index contributed by atoms with van der Waals surface area (Å²) in [4.78, 5) is 20.2. The van der Waals surface area contributed by atoms with E-state index in [1.165, 1.54) is 6.33 Å². The van der Waals surface area contributed by atoms with Gasteiger partial charge < -0.3 is 5.32 Å².